The topological polar surface area (TPSA) is 91.2 Å². The average Bonchev–Trinajstić information content (AvgIpc) is 3.27. The maximum absolute atomic E-state index is 12.9. The van der Waals surface area contributed by atoms with Crippen molar-refractivity contribution in [1.82, 2.24) is 19.9 Å². The molecule has 0 radical (unpaired) electrons. The van der Waals surface area contributed by atoms with Gasteiger partial charge in [-0.15, -0.1) is 11.3 Å². The first-order valence-electron chi connectivity index (χ1n) is 8.47. The van der Waals surface area contributed by atoms with Crippen LogP contribution in [0.3, 0.4) is 0 Å². The van der Waals surface area contributed by atoms with Crippen LogP contribution in [0, 0.1) is 6.92 Å². The molecule has 2 N–H and O–H groups in total. The number of carbonyl (C=O) groups excluding carboxylic acids is 1. The Morgan fingerprint density at radius 3 is 3.08 bits per heavy atom. The number of aryl methyl sites for hydroxylation is 1. The van der Waals surface area contributed by atoms with Crippen molar-refractivity contribution in [2.45, 2.75) is 26.0 Å². The highest BCUT2D eigenvalue weighted by Crippen LogP contribution is 2.26. The van der Waals surface area contributed by atoms with E-state index in [1.54, 1.807) is 17.3 Å². The van der Waals surface area contributed by atoms with Gasteiger partial charge in [0.2, 0.25) is 5.95 Å². The van der Waals surface area contributed by atoms with Crippen LogP contribution in [0.5, 0.6) is 0 Å². The van der Waals surface area contributed by atoms with Crippen molar-refractivity contribution in [2.24, 2.45) is 0 Å². The predicted octanol–water partition coefficient (Wildman–Crippen LogP) is 2.21. The lowest BCUT2D eigenvalue weighted by atomic mass is 10.2. The van der Waals surface area contributed by atoms with Gasteiger partial charge in [0.1, 0.15) is 0 Å². The molecule has 0 aromatic carbocycles. The van der Waals surface area contributed by atoms with Gasteiger partial charge >= 0.3 is 0 Å². The van der Waals surface area contributed by atoms with Crippen LogP contribution in [0.4, 0.5) is 5.95 Å². The van der Waals surface area contributed by atoms with Crippen molar-refractivity contribution >= 4 is 33.4 Å². The van der Waals surface area contributed by atoms with Crippen LogP contribution in [0.15, 0.2) is 29.9 Å². The smallest absolute Gasteiger partial charge is 0.274 e. The molecule has 4 heterocycles. The highest BCUT2D eigenvalue weighted by atomic mass is 32.1. The van der Waals surface area contributed by atoms with Crippen LogP contribution < -0.4 is 5.32 Å². The van der Waals surface area contributed by atoms with E-state index in [-0.39, 0.29) is 5.91 Å². The second-order valence-electron chi connectivity index (χ2n) is 6.45. The Balaban J connectivity index is 1.61. The minimum absolute atomic E-state index is 0.156. The number of pyridine rings is 1. The number of rotatable bonds is 4. The van der Waals surface area contributed by atoms with Gasteiger partial charge in [0, 0.05) is 32.0 Å². The minimum atomic E-state index is -0.453. The summed E-state index contributed by atoms with van der Waals surface area (Å²) in [5.74, 6) is 0.261. The van der Waals surface area contributed by atoms with Crippen molar-refractivity contribution in [3.8, 4) is 0 Å². The molecule has 4 rings (SSSR count). The molecule has 1 aliphatic rings. The number of aliphatic hydroxyl groups is 1. The summed E-state index contributed by atoms with van der Waals surface area (Å²) in [4.78, 5) is 27.7. The number of anilines is 1. The van der Waals surface area contributed by atoms with Gasteiger partial charge in [-0.05, 0) is 35.9 Å². The Morgan fingerprint density at radius 2 is 2.31 bits per heavy atom. The largest absolute Gasteiger partial charge is 0.391 e. The lowest BCUT2D eigenvalue weighted by Gasteiger charge is -2.16. The number of hydrogen-bond acceptors (Lipinski definition) is 7. The van der Waals surface area contributed by atoms with Crippen molar-refractivity contribution in [3.05, 3.63) is 46.7 Å². The number of thiophene rings is 1. The molecule has 1 saturated heterocycles. The van der Waals surface area contributed by atoms with Crippen LogP contribution >= 0.6 is 11.3 Å². The van der Waals surface area contributed by atoms with Gasteiger partial charge in [0.25, 0.3) is 5.91 Å². The van der Waals surface area contributed by atoms with E-state index in [2.05, 4.69) is 20.3 Å². The summed E-state index contributed by atoms with van der Waals surface area (Å²) in [6.45, 7) is 3.42. The van der Waals surface area contributed by atoms with Crippen LogP contribution in [0.25, 0.3) is 10.2 Å². The Kier molecular flexibility index (Phi) is 4.52. The first-order chi connectivity index (χ1) is 12.6. The summed E-state index contributed by atoms with van der Waals surface area (Å²) >= 11 is 1.45. The van der Waals surface area contributed by atoms with E-state index in [0.29, 0.717) is 37.7 Å². The summed E-state index contributed by atoms with van der Waals surface area (Å²) in [5, 5.41) is 14.8. The quantitative estimate of drug-likeness (QED) is 0.733. The number of aliphatic hydroxyl groups excluding tert-OH is 1. The van der Waals surface area contributed by atoms with E-state index >= 15 is 0 Å². The lowest BCUT2D eigenvalue weighted by Crippen LogP contribution is -2.30. The molecule has 26 heavy (non-hydrogen) atoms. The third-order valence-corrected chi connectivity index (χ3v) is 5.25. The molecule has 134 valence electrons. The molecule has 0 saturated carbocycles. The molecular formula is C18H19N5O2S. The fourth-order valence-electron chi connectivity index (χ4n) is 3.06. The van der Waals surface area contributed by atoms with Gasteiger partial charge in [-0.3, -0.25) is 9.78 Å². The molecule has 3 aromatic rings. The fourth-order valence-corrected chi connectivity index (χ4v) is 3.87. The van der Waals surface area contributed by atoms with E-state index in [4.69, 9.17) is 0 Å². The fraction of sp³-hybridized carbons (Fsp3) is 0.333. The molecule has 0 aliphatic carbocycles. The molecule has 0 unspecified atom stereocenters. The zero-order chi connectivity index (χ0) is 18.1. The number of nitrogens with one attached hydrogen (secondary N) is 1. The predicted molar refractivity (Wildman–Crippen MR) is 100 cm³/mol. The van der Waals surface area contributed by atoms with E-state index in [0.717, 1.165) is 21.3 Å². The third kappa shape index (κ3) is 3.38. The van der Waals surface area contributed by atoms with Gasteiger partial charge in [-0.1, -0.05) is 6.07 Å². The Hall–Kier alpha value is -2.58. The number of fused-ring (bicyclic) bond motifs is 1. The van der Waals surface area contributed by atoms with Crippen molar-refractivity contribution in [1.29, 1.82) is 0 Å². The van der Waals surface area contributed by atoms with E-state index in [1.165, 1.54) is 11.3 Å². The monoisotopic (exact) mass is 369 g/mol. The van der Waals surface area contributed by atoms with E-state index in [1.807, 2.05) is 24.4 Å². The second-order valence-corrected chi connectivity index (χ2v) is 7.36. The van der Waals surface area contributed by atoms with Gasteiger partial charge in [-0.2, -0.15) is 0 Å². The summed E-state index contributed by atoms with van der Waals surface area (Å²) < 4.78 is 0.777. The summed E-state index contributed by atoms with van der Waals surface area (Å²) in [6, 6.07) is 3.93. The van der Waals surface area contributed by atoms with Crippen LogP contribution in [0.1, 0.15) is 28.0 Å². The van der Waals surface area contributed by atoms with Crippen LogP contribution in [-0.4, -0.2) is 50.1 Å². The number of aromatic nitrogens is 3. The first kappa shape index (κ1) is 16.9. The molecular weight excluding hydrogens is 350 g/mol. The first-order valence-corrected chi connectivity index (χ1v) is 9.35. The zero-order valence-corrected chi connectivity index (χ0v) is 15.2. The maximum Gasteiger partial charge on any atom is 0.274 e. The van der Waals surface area contributed by atoms with Crippen LogP contribution in [0.2, 0.25) is 0 Å². The molecule has 8 heteroatoms. The highest BCUT2D eigenvalue weighted by molar-refractivity contribution is 7.17. The summed E-state index contributed by atoms with van der Waals surface area (Å²) in [7, 11) is 0. The average molecular weight is 369 g/mol. The Bertz CT molecular complexity index is 958. The maximum atomic E-state index is 12.9. The molecule has 7 nitrogen and oxygen atoms in total. The highest BCUT2D eigenvalue weighted by Gasteiger charge is 2.28. The number of hydrogen-bond donors (Lipinski definition) is 2. The number of amides is 1. The normalized spacial score (nSPS) is 17.0. The number of likely N-dealkylation sites (tertiary alicyclic amines) is 1. The molecule has 1 amide bonds. The molecule has 3 aromatic heterocycles. The van der Waals surface area contributed by atoms with E-state index < -0.39 is 6.10 Å². The third-order valence-electron chi connectivity index (χ3n) is 4.34. The van der Waals surface area contributed by atoms with Crippen molar-refractivity contribution < 1.29 is 9.90 Å². The van der Waals surface area contributed by atoms with Gasteiger partial charge in [0.15, 0.2) is 5.69 Å². The number of nitrogens with zero attached hydrogens (tertiary/aromatic N) is 4. The van der Waals surface area contributed by atoms with Gasteiger partial charge in [-0.25, -0.2) is 9.97 Å². The Morgan fingerprint density at radius 1 is 1.42 bits per heavy atom. The number of β-amino-alcohol motifs (C(OH)–C–C–N with tert-alkyl or cyclic N) is 1. The summed E-state index contributed by atoms with van der Waals surface area (Å²) in [6.07, 6.45) is 3.75. The van der Waals surface area contributed by atoms with Crippen molar-refractivity contribution in [2.75, 3.05) is 18.4 Å². The lowest BCUT2D eigenvalue weighted by molar-refractivity contribution is 0.0761. The Labute approximate surface area is 154 Å². The van der Waals surface area contributed by atoms with Crippen LogP contribution in [-0.2, 0) is 6.54 Å². The minimum Gasteiger partial charge on any atom is -0.391 e. The molecule has 0 bridgehead atoms. The zero-order valence-electron chi connectivity index (χ0n) is 14.3. The SMILES string of the molecule is Cc1cncc(CNc2nc(C(=O)N3CC[C@H](O)C3)c3sccc3n2)c1. The van der Waals surface area contributed by atoms with Gasteiger partial charge in [0.05, 0.1) is 16.3 Å². The molecule has 1 aliphatic heterocycles. The van der Waals surface area contributed by atoms with Gasteiger partial charge < -0.3 is 15.3 Å². The second kappa shape index (κ2) is 6.97. The van der Waals surface area contributed by atoms with Crippen molar-refractivity contribution in [3.63, 3.8) is 0 Å². The van der Waals surface area contributed by atoms with E-state index in [9.17, 15) is 9.90 Å². The molecule has 1 fully saturated rings. The summed E-state index contributed by atoms with van der Waals surface area (Å²) in [5.41, 5.74) is 3.25. The standard InChI is InChI=1S/C18H19N5O2S/c1-11-6-12(8-19-7-11)9-20-18-21-14-3-5-26-16(14)15(22-18)17(25)23-4-2-13(24)10-23/h3,5-8,13,24H,2,4,9-10H2,1H3,(H,20,21,22)/t13-/m0/s1. The molecule has 0 spiro atoms. The molecule has 1 atom stereocenters. The number of carbonyl (C=O) groups is 1.